The van der Waals surface area contributed by atoms with Crippen molar-refractivity contribution in [3.8, 4) is 5.75 Å². The quantitative estimate of drug-likeness (QED) is 0.477. The lowest BCUT2D eigenvalue weighted by atomic mass is 10.1. The van der Waals surface area contributed by atoms with E-state index in [-0.39, 0.29) is 30.1 Å². The minimum Gasteiger partial charge on any atom is -0.494 e. The number of rotatable bonds is 9. The van der Waals surface area contributed by atoms with Gasteiger partial charge in [-0.3, -0.25) is 14.4 Å². The number of benzene rings is 2. The summed E-state index contributed by atoms with van der Waals surface area (Å²) in [4.78, 5) is 36.2. The van der Waals surface area contributed by atoms with Crippen molar-refractivity contribution < 1.29 is 19.1 Å². The van der Waals surface area contributed by atoms with Crippen LogP contribution in [-0.4, -0.2) is 30.2 Å². The molecule has 158 valence electrons. The average Bonchev–Trinajstić information content (AvgIpc) is 3.25. The Kier molecular flexibility index (Phi) is 7.60. The second kappa shape index (κ2) is 10.6. The molecule has 0 bridgehead atoms. The zero-order valence-corrected chi connectivity index (χ0v) is 17.3. The van der Waals surface area contributed by atoms with Crippen molar-refractivity contribution in [3.63, 3.8) is 0 Å². The highest BCUT2D eigenvalue weighted by molar-refractivity contribution is 6.03. The Labute approximate surface area is 177 Å². The van der Waals surface area contributed by atoms with E-state index in [0.29, 0.717) is 35.6 Å². The molecule has 30 heavy (non-hydrogen) atoms. The molecule has 0 unspecified atom stereocenters. The van der Waals surface area contributed by atoms with Gasteiger partial charge in [0.2, 0.25) is 5.91 Å². The number of Topliss-reactive ketones (excluding diaryl/α,β-unsaturated/α-hetero) is 1. The number of ether oxygens (including phenoxy) is 1. The molecule has 0 heterocycles. The van der Waals surface area contributed by atoms with Gasteiger partial charge in [-0.1, -0.05) is 25.0 Å². The topological polar surface area (TPSA) is 84.5 Å². The predicted molar refractivity (Wildman–Crippen MR) is 116 cm³/mol. The van der Waals surface area contributed by atoms with Gasteiger partial charge in [-0.2, -0.15) is 0 Å². The van der Waals surface area contributed by atoms with Crippen LogP contribution in [0.25, 0.3) is 0 Å². The predicted octanol–water partition coefficient (Wildman–Crippen LogP) is 4.36. The highest BCUT2D eigenvalue weighted by atomic mass is 16.5. The molecule has 0 atom stereocenters. The zero-order valence-electron chi connectivity index (χ0n) is 17.3. The first-order valence-corrected chi connectivity index (χ1v) is 10.5. The molecular weight excluding hydrogens is 380 g/mol. The summed E-state index contributed by atoms with van der Waals surface area (Å²) in [6, 6.07) is 14.2. The molecule has 2 aromatic rings. The molecule has 1 saturated carbocycles. The van der Waals surface area contributed by atoms with E-state index in [2.05, 4.69) is 10.6 Å². The Morgan fingerprint density at radius 2 is 1.70 bits per heavy atom. The van der Waals surface area contributed by atoms with Crippen molar-refractivity contribution in [1.82, 2.24) is 5.32 Å². The number of hydrogen-bond donors (Lipinski definition) is 2. The molecule has 1 fully saturated rings. The Hall–Kier alpha value is -3.15. The number of anilines is 1. The fourth-order valence-electron chi connectivity index (χ4n) is 3.54. The maximum atomic E-state index is 12.6. The van der Waals surface area contributed by atoms with Gasteiger partial charge in [0, 0.05) is 18.0 Å². The number of para-hydroxylation sites is 1. The van der Waals surface area contributed by atoms with Gasteiger partial charge in [0.25, 0.3) is 5.91 Å². The van der Waals surface area contributed by atoms with Crippen LogP contribution < -0.4 is 15.4 Å². The van der Waals surface area contributed by atoms with Crippen LogP contribution in [0.1, 0.15) is 66.2 Å². The van der Waals surface area contributed by atoms with E-state index in [0.717, 1.165) is 25.7 Å². The van der Waals surface area contributed by atoms with Crippen LogP contribution in [-0.2, 0) is 4.79 Å². The first kappa shape index (κ1) is 21.6. The van der Waals surface area contributed by atoms with Crippen LogP contribution in [0, 0.1) is 0 Å². The summed E-state index contributed by atoms with van der Waals surface area (Å²) in [6.45, 7) is 1.90. The van der Waals surface area contributed by atoms with Crippen molar-refractivity contribution in [2.24, 2.45) is 0 Å². The number of hydrogen-bond acceptors (Lipinski definition) is 4. The third-order valence-corrected chi connectivity index (χ3v) is 5.21. The van der Waals surface area contributed by atoms with E-state index in [1.807, 2.05) is 0 Å². The lowest BCUT2D eigenvalue weighted by Gasteiger charge is -2.15. The number of carbonyl (C=O) groups is 3. The van der Waals surface area contributed by atoms with E-state index < -0.39 is 0 Å². The van der Waals surface area contributed by atoms with Crippen LogP contribution in [0.5, 0.6) is 5.75 Å². The van der Waals surface area contributed by atoms with Crippen molar-refractivity contribution in [3.05, 3.63) is 59.7 Å². The number of ketones is 1. The first-order chi connectivity index (χ1) is 14.5. The van der Waals surface area contributed by atoms with Crippen molar-refractivity contribution >= 4 is 23.3 Å². The summed E-state index contributed by atoms with van der Waals surface area (Å²) in [5.74, 6) is 0.367. The molecule has 1 aliphatic carbocycles. The second-order valence-electron chi connectivity index (χ2n) is 7.58. The molecule has 6 nitrogen and oxygen atoms in total. The molecule has 2 aromatic carbocycles. The van der Waals surface area contributed by atoms with Crippen molar-refractivity contribution in [1.29, 1.82) is 0 Å². The minimum atomic E-state index is -0.161. The van der Waals surface area contributed by atoms with Crippen molar-refractivity contribution in [2.75, 3.05) is 11.9 Å². The standard InChI is InChI=1S/C24H28N2O4/c1-17(27)18-12-14-20(15-13-18)30-16-6-11-23(28)26-22-10-5-4-9-21(22)24(29)25-19-7-2-3-8-19/h4-5,9-10,12-15,19H,2-3,6-8,11,16H2,1H3,(H,25,29)(H,26,28). The lowest BCUT2D eigenvalue weighted by Crippen LogP contribution is -2.33. The fraction of sp³-hybridized carbons (Fsp3) is 0.375. The Bertz CT molecular complexity index is 886. The molecule has 0 saturated heterocycles. The molecule has 6 heteroatoms. The molecule has 2 amide bonds. The first-order valence-electron chi connectivity index (χ1n) is 10.5. The third-order valence-electron chi connectivity index (χ3n) is 5.21. The van der Waals surface area contributed by atoms with Gasteiger partial charge in [0.15, 0.2) is 5.78 Å². The molecule has 2 N–H and O–H groups in total. The van der Waals surface area contributed by atoms with E-state index in [4.69, 9.17) is 4.74 Å². The molecule has 1 aliphatic rings. The monoisotopic (exact) mass is 408 g/mol. The maximum Gasteiger partial charge on any atom is 0.253 e. The maximum absolute atomic E-state index is 12.6. The minimum absolute atomic E-state index is 0.00965. The number of carbonyl (C=O) groups excluding carboxylic acids is 3. The molecule has 3 rings (SSSR count). The summed E-state index contributed by atoms with van der Waals surface area (Å²) in [7, 11) is 0. The van der Waals surface area contributed by atoms with E-state index in [1.54, 1.807) is 48.5 Å². The van der Waals surface area contributed by atoms with E-state index in [9.17, 15) is 14.4 Å². The molecule has 0 aliphatic heterocycles. The largest absolute Gasteiger partial charge is 0.494 e. The molecular formula is C24H28N2O4. The summed E-state index contributed by atoms with van der Waals surface area (Å²) < 4.78 is 5.62. The van der Waals surface area contributed by atoms with Crippen molar-refractivity contribution in [2.45, 2.75) is 51.5 Å². The Morgan fingerprint density at radius 3 is 2.40 bits per heavy atom. The van der Waals surface area contributed by atoms with Crippen LogP contribution in [0.2, 0.25) is 0 Å². The molecule has 0 aromatic heterocycles. The fourth-order valence-corrected chi connectivity index (χ4v) is 3.54. The average molecular weight is 408 g/mol. The van der Waals surface area contributed by atoms with Gasteiger partial charge in [-0.25, -0.2) is 0 Å². The normalized spacial score (nSPS) is 13.6. The van der Waals surface area contributed by atoms with Crippen LogP contribution in [0.15, 0.2) is 48.5 Å². The Morgan fingerprint density at radius 1 is 1.00 bits per heavy atom. The summed E-state index contributed by atoms with van der Waals surface area (Å²) in [5.41, 5.74) is 1.65. The van der Waals surface area contributed by atoms with Crippen LogP contribution in [0.3, 0.4) is 0 Å². The smallest absolute Gasteiger partial charge is 0.253 e. The van der Waals surface area contributed by atoms with E-state index in [1.165, 1.54) is 6.92 Å². The van der Waals surface area contributed by atoms with Gasteiger partial charge in [0.05, 0.1) is 17.9 Å². The summed E-state index contributed by atoms with van der Waals surface area (Å²) >= 11 is 0. The Balaban J connectivity index is 1.45. The third kappa shape index (κ3) is 6.17. The lowest BCUT2D eigenvalue weighted by molar-refractivity contribution is -0.116. The number of nitrogens with one attached hydrogen (secondary N) is 2. The highest BCUT2D eigenvalue weighted by Gasteiger charge is 2.20. The van der Waals surface area contributed by atoms with Crippen LogP contribution >= 0.6 is 0 Å². The summed E-state index contributed by atoms with van der Waals surface area (Å²) in [6.07, 6.45) is 5.13. The molecule has 0 spiro atoms. The molecule has 0 radical (unpaired) electrons. The second-order valence-corrected chi connectivity index (χ2v) is 7.58. The van der Waals surface area contributed by atoms with Gasteiger partial charge in [0.1, 0.15) is 5.75 Å². The van der Waals surface area contributed by atoms with Gasteiger partial charge in [-0.05, 0) is 62.6 Å². The zero-order chi connectivity index (χ0) is 21.3. The highest BCUT2D eigenvalue weighted by Crippen LogP contribution is 2.20. The van der Waals surface area contributed by atoms with Gasteiger partial charge >= 0.3 is 0 Å². The SMILES string of the molecule is CC(=O)c1ccc(OCCCC(=O)Nc2ccccc2C(=O)NC2CCCC2)cc1. The number of amides is 2. The summed E-state index contributed by atoms with van der Waals surface area (Å²) in [5, 5.41) is 5.90. The van der Waals surface area contributed by atoms with Gasteiger partial charge < -0.3 is 15.4 Å². The van der Waals surface area contributed by atoms with E-state index >= 15 is 0 Å². The van der Waals surface area contributed by atoms with Crippen LogP contribution in [0.4, 0.5) is 5.69 Å². The van der Waals surface area contributed by atoms with Gasteiger partial charge in [-0.15, -0.1) is 0 Å².